The molecule has 0 fully saturated rings. The predicted octanol–water partition coefficient (Wildman–Crippen LogP) is 3.67. The van der Waals surface area contributed by atoms with Crippen LogP contribution in [0.15, 0.2) is 65.6 Å². The number of benzene rings is 3. The molecule has 0 aliphatic rings. The van der Waals surface area contributed by atoms with Crippen molar-refractivity contribution in [1.82, 2.24) is 14.7 Å². The van der Waals surface area contributed by atoms with Crippen LogP contribution in [-0.4, -0.2) is 30.8 Å². The second-order valence-electron chi connectivity index (χ2n) is 6.95. The molecule has 3 aromatic carbocycles. The van der Waals surface area contributed by atoms with Crippen molar-refractivity contribution in [2.75, 3.05) is 11.9 Å². The van der Waals surface area contributed by atoms with Crippen molar-refractivity contribution in [1.29, 1.82) is 0 Å². The zero-order chi connectivity index (χ0) is 23.6. The van der Waals surface area contributed by atoms with E-state index in [-0.39, 0.29) is 28.4 Å². The first-order valence-electron chi connectivity index (χ1n) is 9.56. The van der Waals surface area contributed by atoms with E-state index in [0.29, 0.717) is 16.7 Å². The number of hydrogen-bond acceptors (Lipinski definition) is 4. The van der Waals surface area contributed by atoms with Gasteiger partial charge in [0.2, 0.25) is 10.0 Å². The van der Waals surface area contributed by atoms with Gasteiger partial charge in [0.15, 0.2) is 0 Å². The molecule has 0 saturated carbocycles. The molecule has 166 valence electrons. The standard InChI is InChI=1S/C23H16F2N4O3S/c1-2-11-26-33(31,32)17-7-3-14(4-8-17)23(30)27-16-6-10-20-21(13-16)29-22(28-20)18-12-15(24)5-9-19(18)25/h1,3-10,12-13,26H,11H2,(H,27,30)(H,28,29). The largest absolute Gasteiger partial charge is 0.338 e. The summed E-state index contributed by atoms with van der Waals surface area (Å²) in [6.45, 7) is -0.145. The van der Waals surface area contributed by atoms with Crippen molar-refractivity contribution >= 4 is 32.7 Å². The van der Waals surface area contributed by atoms with Crippen LogP contribution in [0.1, 0.15) is 10.4 Å². The van der Waals surface area contributed by atoms with Gasteiger partial charge >= 0.3 is 0 Å². The Morgan fingerprint density at radius 3 is 2.55 bits per heavy atom. The van der Waals surface area contributed by atoms with Crippen molar-refractivity contribution < 1.29 is 22.0 Å². The number of nitrogens with zero attached hydrogens (tertiary/aromatic N) is 1. The van der Waals surface area contributed by atoms with Crippen molar-refractivity contribution in [3.63, 3.8) is 0 Å². The number of carbonyl (C=O) groups is 1. The summed E-state index contributed by atoms with van der Waals surface area (Å²) in [6, 6.07) is 13.3. The Balaban J connectivity index is 1.53. The second-order valence-corrected chi connectivity index (χ2v) is 8.72. The summed E-state index contributed by atoms with van der Waals surface area (Å²) in [5.74, 6) is 0.655. The van der Waals surface area contributed by atoms with Gasteiger partial charge in [0.25, 0.3) is 5.91 Å². The van der Waals surface area contributed by atoms with E-state index in [2.05, 4.69) is 25.9 Å². The summed E-state index contributed by atoms with van der Waals surface area (Å²) in [5, 5.41) is 2.70. The van der Waals surface area contributed by atoms with Gasteiger partial charge in [-0.05, 0) is 60.7 Å². The van der Waals surface area contributed by atoms with Gasteiger partial charge in [-0.3, -0.25) is 4.79 Å². The van der Waals surface area contributed by atoms with E-state index in [1.807, 2.05) is 0 Å². The van der Waals surface area contributed by atoms with E-state index in [9.17, 15) is 22.0 Å². The van der Waals surface area contributed by atoms with E-state index in [1.54, 1.807) is 18.2 Å². The van der Waals surface area contributed by atoms with Crippen molar-refractivity contribution in [2.24, 2.45) is 0 Å². The summed E-state index contributed by atoms with van der Waals surface area (Å²) in [6.07, 6.45) is 5.06. The molecule has 7 nitrogen and oxygen atoms in total. The lowest BCUT2D eigenvalue weighted by molar-refractivity contribution is 0.102. The first-order chi connectivity index (χ1) is 15.8. The van der Waals surface area contributed by atoms with Gasteiger partial charge in [0, 0.05) is 11.3 Å². The number of terminal acetylenes is 1. The maximum absolute atomic E-state index is 14.1. The number of sulfonamides is 1. The molecular weight excluding hydrogens is 450 g/mol. The Morgan fingerprint density at radius 2 is 1.82 bits per heavy atom. The highest BCUT2D eigenvalue weighted by Gasteiger charge is 2.15. The lowest BCUT2D eigenvalue weighted by Gasteiger charge is -2.07. The number of aromatic nitrogens is 2. The molecule has 10 heteroatoms. The molecule has 0 radical (unpaired) electrons. The number of anilines is 1. The summed E-state index contributed by atoms with van der Waals surface area (Å²) in [4.78, 5) is 19.7. The number of nitrogens with one attached hydrogen (secondary N) is 3. The minimum absolute atomic E-state index is 0.0106. The van der Waals surface area contributed by atoms with E-state index in [4.69, 9.17) is 6.42 Å². The number of carbonyl (C=O) groups excluding carboxylic acids is 1. The molecule has 4 aromatic rings. The first kappa shape index (κ1) is 22.1. The molecule has 0 bridgehead atoms. The highest BCUT2D eigenvalue weighted by molar-refractivity contribution is 7.89. The highest BCUT2D eigenvalue weighted by atomic mass is 32.2. The van der Waals surface area contributed by atoms with Crippen LogP contribution in [0, 0.1) is 24.0 Å². The minimum Gasteiger partial charge on any atom is -0.338 e. The van der Waals surface area contributed by atoms with E-state index >= 15 is 0 Å². The maximum Gasteiger partial charge on any atom is 0.255 e. The normalized spacial score (nSPS) is 11.3. The fourth-order valence-electron chi connectivity index (χ4n) is 3.10. The number of hydrogen-bond donors (Lipinski definition) is 3. The number of amides is 1. The molecule has 0 aliphatic carbocycles. The molecule has 0 saturated heterocycles. The third-order valence-electron chi connectivity index (χ3n) is 4.71. The van der Waals surface area contributed by atoms with Crippen LogP contribution in [0.25, 0.3) is 22.4 Å². The van der Waals surface area contributed by atoms with Gasteiger partial charge < -0.3 is 10.3 Å². The number of fused-ring (bicyclic) bond motifs is 1. The van der Waals surface area contributed by atoms with Gasteiger partial charge in [-0.15, -0.1) is 6.42 Å². The number of H-pyrrole nitrogens is 1. The van der Waals surface area contributed by atoms with Gasteiger partial charge in [-0.25, -0.2) is 22.2 Å². The van der Waals surface area contributed by atoms with Gasteiger partial charge in [-0.1, -0.05) is 5.92 Å². The highest BCUT2D eigenvalue weighted by Crippen LogP contribution is 2.26. The first-order valence-corrected chi connectivity index (χ1v) is 11.0. The number of imidazole rings is 1. The smallest absolute Gasteiger partial charge is 0.255 e. The van der Waals surface area contributed by atoms with Crippen LogP contribution in [0.3, 0.4) is 0 Å². The lowest BCUT2D eigenvalue weighted by Crippen LogP contribution is -2.24. The van der Waals surface area contributed by atoms with Crippen LogP contribution >= 0.6 is 0 Å². The molecule has 1 aromatic heterocycles. The van der Waals surface area contributed by atoms with E-state index < -0.39 is 27.6 Å². The quantitative estimate of drug-likeness (QED) is 0.377. The zero-order valence-corrected chi connectivity index (χ0v) is 17.7. The average molecular weight is 466 g/mol. The van der Waals surface area contributed by atoms with Gasteiger partial charge in [-0.2, -0.15) is 4.72 Å². The Hall–Kier alpha value is -4.07. The van der Waals surface area contributed by atoms with Crippen molar-refractivity contribution in [2.45, 2.75) is 4.90 Å². The van der Waals surface area contributed by atoms with Crippen LogP contribution in [0.2, 0.25) is 0 Å². The summed E-state index contributed by atoms with van der Waals surface area (Å²) >= 11 is 0. The monoisotopic (exact) mass is 466 g/mol. The molecule has 3 N–H and O–H groups in total. The van der Waals surface area contributed by atoms with Crippen LogP contribution in [0.4, 0.5) is 14.5 Å². The maximum atomic E-state index is 14.1. The van der Waals surface area contributed by atoms with E-state index in [0.717, 1.165) is 18.2 Å². The summed E-state index contributed by atoms with van der Waals surface area (Å²) < 4.78 is 53.9. The number of aromatic amines is 1. The predicted molar refractivity (Wildman–Crippen MR) is 120 cm³/mol. The summed E-state index contributed by atoms with van der Waals surface area (Å²) in [5.41, 5.74) is 1.66. The Morgan fingerprint density at radius 1 is 1.06 bits per heavy atom. The van der Waals surface area contributed by atoms with Crippen LogP contribution in [-0.2, 0) is 10.0 Å². The topological polar surface area (TPSA) is 104 Å². The molecule has 0 aliphatic heterocycles. The molecule has 0 atom stereocenters. The second kappa shape index (κ2) is 8.82. The molecule has 0 unspecified atom stereocenters. The lowest BCUT2D eigenvalue weighted by atomic mass is 10.2. The molecular formula is C23H16F2N4O3S. The van der Waals surface area contributed by atoms with Gasteiger partial charge in [0.1, 0.15) is 17.5 Å². The van der Waals surface area contributed by atoms with Crippen molar-refractivity contribution in [3.05, 3.63) is 77.9 Å². The van der Waals surface area contributed by atoms with Crippen LogP contribution in [0.5, 0.6) is 0 Å². The molecule has 33 heavy (non-hydrogen) atoms. The fraction of sp³-hybridized carbons (Fsp3) is 0.0435. The third kappa shape index (κ3) is 4.74. The van der Waals surface area contributed by atoms with Crippen molar-refractivity contribution in [3.8, 4) is 23.7 Å². The molecule has 1 amide bonds. The Labute approximate surface area is 187 Å². The SMILES string of the molecule is C#CCNS(=O)(=O)c1ccc(C(=O)Nc2ccc3nc(-c4cc(F)ccc4F)[nH]c3c2)cc1. The van der Waals surface area contributed by atoms with E-state index in [1.165, 1.54) is 24.3 Å². The third-order valence-corrected chi connectivity index (χ3v) is 6.13. The molecule has 4 rings (SSSR count). The summed E-state index contributed by atoms with van der Waals surface area (Å²) in [7, 11) is -3.76. The fourth-order valence-corrected chi connectivity index (χ4v) is 4.04. The Kier molecular flexibility index (Phi) is 5.91. The Bertz CT molecular complexity index is 1510. The minimum atomic E-state index is -3.76. The average Bonchev–Trinajstić information content (AvgIpc) is 3.22. The van der Waals surface area contributed by atoms with Crippen LogP contribution < -0.4 is 10.0 Å². The number of rotatable bonds is 6. The number of halogens is 2. The molecule has 0 spiro atoms. The zero-order valence-electron chi connectivity index (χ0n) is 16.9. The van der Waals surface area contributed by atoms with Gasteiger partial charge in [0.05, 0.1) is 28.0 Å². The molecule has 1 heterocycles.